The molecule has 1 aromatic carbocycles. The predicted molar refractivity (Wildman–Crippen MR) is 80.5 cm³/mol. The van der Waals surface area contributed by atoms with Gasteiger partial charge in [0.1, 0.15) is 11.2 Å². The first-order chi connectivity index (χ1) is 10.0. The molecule has 2 aromatic rings. The lowest BCUT2D eigenvalue weighted by atomic mass is 10.1. The number of nitrogens with zero attached hydrogens (tertiary/aromatic N) is 1. The molecule has 0 bridgehead atoms. The number of carbonyl (C=O) groups is 1. The van der Waals surface area contributed by atoms with Gasteiger partial charge in [-0.05, 0) is 30.2 Å². The van der Waals surface area contributed by atoms with E-state index in [1.807, 2.05) is 24.3 Å². The number of aromatic nitrogens is 1. The highest BCUT2D eigenvalue weighted by Crippen LogP contribution is 2.14. The molecule has 0 saturated carbocycles. The van der Waals surface area contributed by atoms with E-state index >= 15 is 0 Å². The Kier molecular flexibility index (Phi) is 4.65. The van der Waals surface area contributed by atoms with E-state index in [1.54, 1.807) is 17.9 Å². The van der Waals surface area contributed by atoms with Crippen molar-refractivity contribution in [2.45, 2.75) is 13.0 Å². The molecule has 0 aliphatic carbocycles. The van der Waals surface area contributed by atoms with Gasteiger partial charge in [-0.15, -0.1) is 0 Å². The number of aryl methyl sites for hydroxylation is 2. The molecule has 0 atom stereocenters. The van der Waals surface area contributed by atoms with Crippen molar-refractivity contribution >= 4 is 17.5 Å². The topological polar surface area (TPSA) is 81.1 Å². The largest absolute Gasteiger partial charge is 0.497 e. The van der Waals surface area contributed by atoms with E-state index in [2.05, 4.69) is 0 Å². The maximum atomic E-state index is 11.3. The van der Waals surface area contributed by atoms with E-state index in [-0.39, 0.29) is 11.1 Å². The number of hydrogen-bond acceptors (Lipinski definition) is 3. The molecule has 0 aliphatic rings. The Hall–Kier alpha value is -2.27. The number of carbonyl (C=O) groups excluding carboxylic acids is 1. The first-order valence-electron chi connectivity index (χ1n) is 6.38. The Balaban J connectivity index is 2.24. The maximum absolute atomic E-state index is 11.3. The van der Waals surface area contributed by atoms with Gasteiger partial charge in [0, 0.05) is 12.7 Å². The maximum Gasteiger partial charge on any atom is 0.252 e. The second-order valence-electron chi connectivity index (χ2n) is 4.58. The highest BCUT2D eigenvalue weighted by atomic mass is 35.5. The summed E-state index contributed by atoms with van der Waals surface area (Å²) in [5.74, 6) is 0.130. The van der Waals surface area contributed by atoms with Crippen molar-refractivity contribution < 1.29 is 9.53 Å². The normalized spacial score (nSPS) is 10.4. The summed E-state index contributed by atoms with van der Waals surface area (Å²) in [6.07, 6.45) is 2.31. The molecule has 2 rings (SSSR count). The van der Waals surface area contributed by atoms with Gasteiger partial charge in [0.15, 0.2) is 0 Å². The number of nitrogens with two attached hydrogens (primary N) is 1. The summed E-state index contributed by atoms with van der Waals surface area (Å²) in [7, 11) is 1.62. The number of hydrogen-bond donors (Lipinski definition) is 2. The van der Waals surface area contributed by atoms with E-state index in [9.17, 15) is 4.79 Å². The van der Waals surface area contributed by atoms with E-state index in [1.165, 1.54) is 6.07 Å². The lowest BCUT2D eigenvalue weighted by Gasteiger charge is -2.10. The highest BCUT2D eigenvalue weighted by Gasteiger charge is 2.08. The monoisotopic (exact) mass is 305 g/mol. The predicted octanol–water partition coefficient (Wildman–Crippen LogP) is 1.97. The average Bonchev–Trinajstić information content (AvgIpc) is 2.47. The van der Waals surface area contributed by atoms with Crippen LogP contribution < -0.4 is 16.0 Å². The molecule has 0 aliphatic heterocycles. The van der Waals surface area contributed by atoms with Crippen LogP contribution in [-0.2, 0) is 13.0 Å². The number of nitrogens with one attached hydrogen (secondary N) is 1. The van der Waals surface area contributed by atoms with Crippen LogP contribution in [0.15, 0.2) is 36.5 Å². The molecule has 5 nitrogen and oxygen atoms in total. The summed E-state index contributed by atoms with van der Waals surface area (Å²) in [5, 5.41) is 8.38. The number of pyridine rings is 1. The third-order valence-electron chi connectivity index (χ3n) is 3.14. The molecule has 3 N–H and O–H groups in total. The van der Waals surface area contributed by atoms with Crippen molar-refractivity contribution in [2.75, 3.05) is 7.11 Å². The number of methoxy groups -OCH3 is 1. The fraction of sp³-hybridized carbons (Fsp3) is 0.200. The minimum Gasteiger partial charge on any atom is -0.497 e. The summed E-state index contributed by atoms with van der Waals surface area (Å²) >= 11 is 5.96. The summed E-state index contributed by atoms with van der Waals surface area (Å²) in [5.41, 5.74) is 6.50. The summed E-state index contributed by atoms with van der Waals surface area (Å²) in [6, 6.07) is 9.11. The van der Waals surface area contributed by atoms with Gasteiger partial charge in [0.25, 0.3) is 5.91 Å². The zero-order chi connectivity index (χ0) is 15.4. The Morgan fingerprint density at radius 1 is 1.43 bits per heavy atom. The van der Waals surface area contributed by atoms with Crippen LogP contribution in [-0.4, -0.2) is 17.6 Å². The molecule has 0 unspecified atom stereocenters. The van der Waals surface area contributed by atoms with Crippen LogP contribution in [0.4, 0.5) is 0 Å². The molecule has 0 radical (unpaired) electrons. The minimum absolute atomic E-state index is 0.0646. The fourth-order valence-electron chi connectivity index (χ4n) is 2.05. The van der Waals surface area contributed by atoms with E-state index in [0.717, 1.165) is 11.3 Å². The number of ether oxygens (including phenoxy) is 1. The third-order valence-corrected chi connectivity index (χ3v) is 3.35. The fourth-order valence-corrected chi connectivity index (χ4v) is 2.28. The van der Waals surface area contributed by atoms with E-state index < -0.39 is 5.91 Å². The van der Waals surface area contributed by atoms with Gasteiger partial charge in [-0.1, -0.05) is 23.7 Å². The lowest BCUT2D eigenvalue weighted by molar-refractivity contribution is 0.0997. The van der Waals surface area contributed by atoms with E-state index in [0.29, 0.717) is 18.0 Å². The van der Waals surface area contributed by atoms with Crippen LogP contribution in [0.1, 0.15) is 15.9 Å². The van der Waals surface area contributed by atoms with Gasteiger partial charge in [-0.25, -0.2) is 0 Å². The molecular formula is C15H16ClN3O2. The number of rotatable bonds is 5. The van der Waals surface area contributed by atoms with Crippen molar-refractivity contribution in [1.82, 2.24) is 4.57 Å². The number of halogens is 1. The zero-order valence-corrected chi connectivity index (χ0v) is 12.4. The molecule has 0 spiro atoms. The molecule has 1 heterocycles. The number of benzene rings is 1. The van der Waals surface area contributed by atoms with Gasteiger partial charge < -0.3 is 15.0 Å². The summed E-state index contributed by atoms with van der Waals surface area (Å²) in [4.78, 5) is 11.3. The van der Waals surface area contributed by atoms with Crippen molar-refractivity contribution in [3.63, 3.8) is 0 Å². The molecule has 6 heteroatoms. The second-order valence-corrected chi connectivity index (χ2v) is 5.02. The Labute approximate surface area is 127 Å². The first kappa shape index (κ1) is 15.1. The summed E-state index contributed by atoms with van der Waals surface area (Å²) < 4.78 is 6.79. The van der Waals surface area contributed by atoms with Crippen molar-refractivity contribution in [3.05, 3.63) is 58.2 Å². The minimum atomic E-state index is -0.655. The summed E-state index contributed by atoms with van der Waals surface area (Å²) in [6.45, 7) is 0.521. The molecule has 0 fully saturated rings. The molecule has 1 amide bonds. The van der Waals surface area contributed by atoms with Gasteiger partial charge in [-0.3, -0.25) is 10.2 Å². The van der Waals surface area contributed by atoms with Gasteiger partial charge in [0.2, 0.25) is 0 Å². The van der Waals surface area contributed by atoms with Crippen LogP contribution in [0.3, 0.4) is 0 Å². The average molecular weight is 306 g/mol. The second kappa shape index (κ2) is 6.45. The quantitative estimate of drug-likeness (QED) is 0.885. The Bertz CT molecular complexity index is 725. The molecule has 0 saturated heterocycles. The molecular weight excluding hydrogens is 290 g/mol. The van der Waals surface area contributed by atoms with Crippen LogP contribution in [0.5, 0.6) is 5.75 Å². The smallest absolute Gasteiger partial charge is 0.252 e. The number of primary amides is 1. The van der Waals surface area contributed by atoms with Crippen LogP contribution in [0.25, 0.3) is 0 Å². The van der Waals surface area contributed by atoms with Gasteiger partial charge in [-0.2, -0.15) is 0 Å². The molecule has 1 aromatic heterocycles. The third kappa shape index (κ3) is 3.64. The van der Waals surface area contributed by atoms with E-state index in [4.69, 9.17) is 27.5 Å². The first-order valence-corrected chi connectivity index (χ1v) is 6.76. The van der Waals surface area contributed by atoms with Crippen molar-refractivity contribution in [1.29, 1.82) is 5.41 Å². The van der Waals surface area contributed by atoms with Crippen LogP contribution >= 0.6 is 11.6 Å². The SMILES string of the molecule is COc1cccc(CCn2cc(Cl)cc(C(N)=O)c2=N)c1. The van der Waals surface area contributed by atoms with Crippen LogP contribution in [0.2, 0.25) is 5.02 Å². The van der Waals surface area contributed by atoms with Crippen molar-refractivity contribution in [3.8, 4) is 5.75 Å². The standard InChI is InChI=1S/C15H16ClN3O2/c1-21-12-4-2-3-10(7-12)5-6-19-9-11(16)8-13(14(19)17)15(18)20/h2-4,7-9,17H,5-6H2,1H3,(H2,18,20). The van der Waals surface area contributed by atoms with Crippen molar-refractivity contribution in [2.24, 2.45) is 5.73 Å². The lowest BCUT2D eigenvalue weighted by Crippen LogP contribution is -2.30. The van der Waals surface area contributed by atoms with Crippen LogP contribution in [0, 0.1) is 5.41 Å². The van der Waals surface area contributed by atoms with Gasteiger partial charge >= 0.3 is 0 Å². The Morgan fingerprint density at radius 3 is 2.86 bits per heavy atom. The Morgan fingerprint density at radius 2 is 2.19 bits per heavy atom. The molecule has 110 valence electrons. The molecule has 21 heavy (non-hydrogen) atoms. The highest BCUT2D eigenvalue weighted by molar-refractivity contribution is 6.30. The number of amides is 1. The van der Waals surface area contributed by atoms with Gasteiger partial charge in [0.05, 0.1) is 17.7 Å². The zero-order valence-electron chi connectivity index (χ0n) is 11.6.